The zero-order valence-corrected chi connectivity index (χ0v) is 19.7. The zero-order valence-electron chi connectivity index (χ0n) is 19.7. The molecule has 1 aliphatic rings. The number of hydrogen-bond acceptors (Lipinski definition) is 5. The van der Waals surface area contributed by atoms with Gasteiger partial charge in [-0.1, -0.05) is 12.1 Å². The topological polar surface area (TPSA) is 71.0 Å². The average molecular weight is 441 g/mol. The number of nitrogens with one attached hydrogen (secondary N) is 1. The van der Waals surface area contributed by atoms with Crippen molar-refractivity contribution in [3.05, 3.63) is 52.6 Å². The molecular formula is C26H36N2O4. The van der Waals surface area contributed by atoms with Crippen molar-refractivity contribution in [2.24, 2.45) is 5.92 Å². The second-order valence-corrected chi connectivity index (χ2v) is 8.81. The summed E-state index contributed by atoms with van der Waals surface area (Å²) in [6.45, 7) is 7.33. The number of nitrogens with zero attached hydrogens (tertiary/aromatic N) is 1. The molecule has 2 N–H and O–H groups in total. The molecule has 3 rings (SSSR count). The Bertz CT molecular complexity index is 905. The fraction of sp³-hybridized carbons (Fsp3) is 0.500. The van der Waals surface area contributed by atoms with Crippen LogP contribution in [0.3, 0.4) is 0 Å². The predicted molar refractivity (Wildman–Crippen MR) is 126 cm³/mol. The number of methoxy groups -OCH3 is 2. The van der Waals surface area contributed by atoms with Crippen LogP contribution in [0.2, 0.25) is 0 Å². The second-order valence-electron chi connectivity index (χ2n) is 8.81. The first kappa shape index (κ1) is 23.9. The molecule has 6 heteroatoms. The summed E-state index contributed by atoms with van der Waals surface area (Å²) in [5.41, 5.74) is 4.03. The number of piperidine rings is 1. The molecule has 32 heavy (non-hydrogen) atoms. The summed E-state index contributed by atoms with van der Waals surface area (Å²) >= 11 is 0. The lowest BCUT2D eigenvalue weighted by molar-refractivity contribution is -0.121. The molecule has 1 aliphatic heterocycles. The average Bonchev–Trinajstić information content (AvgIpc) is 2.80. The Kier molecular flexibility index (Phi) is 8.39. The van der Waals surface area contributed by atoms with Crippen molar-refractivity contribution in [1.29, 1.82) is 0 Å². The van der Waals surface area contributed by atoms with Crippen LogP contribution in [0.15, 0.2) is 30.3 Å². The highest BCUT2D eigenvalue weighted by Gasteiger charge is 2.21. The van der Waals surface area contributed by atoms with Gasteiger partial charge in [-0.3, -0.25) is 9.69 Å². The third kappa shape index (κ3) is 6.39. The maximum absolute atomic E-state index is 12.4. The van der Waals surface area contributed by atoms with E-state index >= 15 is 0 Å². The van der Waals surface area contributed by atoms with Crippen LogP contribution < -0.4 is 14.8 Å². The van der Waals surface area contributed by atoms with Crippen molar-refractivity contribution in [3.8, 4) is 17.2 Å². The molecule has 0 aliphatic carbocycles. The van der Waals surface area contributed by atoms with Gasteiger partial charge in [0.25, 0.3) is 0 Å². The first-order valence-corrected chi connectivity index (χ1v) is 11.4. The van der Waals surface area contributed by atoms with E-state index in [0.29, 0.717) is 30.4 Å². The molecule has 1 atom stereocenters. The van der Waals surface area contributed by atoms with E-state index in [0.717, 1.165) is 54.9 Å². The fourth-order valence-electron chi connectivity index (χ4n) is 4.54. The Morgan fingerprint density at radius 3 is 2.59 bits per heavy atom. The molecule has 174 valence electrons. The number of likely N-dealkylation sites (tertiary alicyclic amines) is 1. The quantitative estimate of drug-likeness (QED) is 0.607. The van der Waals surface area contributed by atoms with Crippen LogP contribution in [-0.2, 0) is 17.9 Å². The number of rotatable bonds is 9. The van der Waals surface area contributed by atoms with Crippen molar-refractivity contribution in [2.75, 3.05) is 27.3 Å². The van der Waals surface area contributed by atoms with E-state index in [1.807, 2.05) is 32.0 Å². The third-order valence-electron chi connectivity index (χ3n) is 6.31. The van der Waals surface area contributed by atoms with Gasteiger partial charge in [-0.25, -0.2) is 0 Å². The standard InChI is InChI=1S/C26H36N2O4/c1-18-12-21(13-19(2)26(18)30)17-28-11-5-6-20(16-28)7-10-25(29)27-15-22-8-9-23(31-3)14-24(22)32-4/h8-9,12-14,20,30H,5-7,10-11,15-17H2,1-4H3,(H,27,29)/t20-/m1/s1. The molecule has 2 aromatic rings. The maximum atomic E-state index is 12.4. The SMILES string of the molecule is COc1ccc(CNC(=O)CC[C@H]2CCCN(Cc3cc(C)c(O)c(C)c3)C2)c(OC)c1. The van der Waals surface area contributed by atoms with Crippen LogP contribution in [0, 0.1) is 19.8 Å². The summed E-state index contributed by atoms with van der Waals surface area (Å²) in [7, 11) is 3.24. The van der Waals surface area contributed by atoms with Crippen molar-refractivity contribution >= 4 is 5.91 Å². The smallest absolute Gasteiger partial charge is 0.220 e. The van der Waals surface area contributed by atoms with E-state index in [9.17, 15) is 9.90 Å². The lowest BCUT2D eigenvalue weighted by atomic mass is 9.92. The van der Waals surface area contributed by atoms with Gasteiger partial charge in [-0.2, -0.15) is 0 Å². The van der Waals surface area contributed by atoms with Gasteiger partial charge in [0.1, 0.15) is 17.2 Å². The normalized spacial score (nSPS) is 16.6. The first-order chi connectivity index (χ1) is 15.4. The molecule has 1 amide bonds. The predicted octanol–water partition coefficient (Wildman–Crippen LogP) is 4.33. The van der Waals surface area contributed by atoms with Crippen LogP contribution in [0.25, 0.3) is 0 Å². The highest BCUT2D eigenvalue weighted by molar-refractivity contribution is 5.75. The Morgan fingerprint density at radius 2 is 1.91 bits per heavy atom. The first-order valence-electron chi connectivity index (χ1n) is 11.4. The highest BCUT2D eigenvalue weighted by Crippen LogP contribution is 2.27. The Balaban J connectivity index is 1.46. The summed E-state index contributed by atoms with van der Waals surface area (Å²) in [6.07, 6.45) is 3.76. The molecule has 1 saturated heterocycles. The zero-order chi connectivity index (χ0) is 23.1. The molecule has 6 nitrogen and oxygen atoms in total. The number of carbonyl (C=O) groups excluding carboxylic acids is 1. The van der Waals surface area contributed by atoms with E-state index < -0.39 is 0 Å². The molecule has 1 heterocycles. The van der Waals surface area contributed by atoms with Gasteiger partial charge >= 0.3 is 0 Å². The molecule has 2 aromatic carbocycles. The minimum atomic E-state index is 0.0739. The van der Waals surface area contributed by atoms with Gasteiger partial charge in [-0.15, -0.1) is 0 Å². The molecule has 0 bridgehead atoms. The number of ether oxygens (including phenoxy) is 2. The van der Waals surface area contributed by atoms with Crippen LogP contribution in [0.5, 0.6) is 17.2 Å². The minimum Gasteiger partial charge on any atom is -0.507 e. The Morgan fingerprint density at radius 1 is 1.16 bits per heavy atom. The number of aromatic hydroxyl groups is 1. The number of benzene rings is 2. The number of phenols is 1. The molecule has 1 fully saturated rings. The number of aryl methyl sites for hydroxylation is 2. The van der Waals surface area contributed by atoms with Crippen molar-refractivity contribution in [1.82, 2.24) is 10.2 Å². The Labute approximate surface area is 191 Å². The van der Waals surface area contributed by atoms with Gasteiger partial charge in [-0.05, 0) is 74.4 Å². The highest BCUT2D eigenvalue weighted by atomic mass is 16.5. The largest absolute Gasteiger partial charge is 0.507 e. The van der Waals surface area contributed by atoms with E-state index in [1.54, 1.807) is 14.2 Å². The van der Waals surface area contributed by atoms with E-state index in [-0.39, 0.29) is 5.91 Å². The summed E-state index contributed by atoms with van der Waals surface area (Å²) < 4.78 is 10.6. The van der Waals surface area contributed by atoms with Gasteiger partial charge < -0.3 is 19.9 Å². The monoisotopic (exact) mass is 440 g/mol. The van der Waals surface area contributed by atoms with Gasteiger partial charge in [0.05, 0.1) is 14.2 Å². The van der Waals surface area contributed by atoms with Crippen molar-refractivity contribution in [3.63, 3.8) is 0 Å². The molecule has 0 saturated carbocycles. The molecule has 0 aromatic heterocycles. The molecule has 0 radical (unpaired) electrons. The number of phenolic OH excluding ortho intramolecular Hbond substituents is 1. The number of amides is 1. The third-order valence-corrected chi connectivity index (χ3v) is 6.31. The van der Waals surface area contributed by atoms with Crippen LogP contribution in [0.1, 0.15) is 47.9 Å². The number of carbonyl (C=O) groups is 1. The molecular weight excluding hydrogens is 404 g/mol. The fourth-order valence-corrected chi connectivity index (χ4v) is 4.54. The van der Waals surface area contributed by atoms with E-state index in [2.05, 4.69) is 22.3 Å². The lowest BCUT2D eigenvalue weighted by Gasteiger charge is -2.33. The minimum absolute atomic E-state index is 0.0739. The summed E-state index contributed by atoms with van der Waals surface area (Å²) in [5, 5.41) is 13.0. The van der Waals surface area contributed by atoms with Crippen LogP contribution in [0.4, 0.5) is 0 Å². The second kappa shape index (κ2) is 11.2. The summed E-state index contributed by atoms with van der Waals surface area (Å²) in [6, 6.07) is 9.77. The van der Waals surface area contributed by atoms with E-state index in [1.165, 1.54) is 12.0 Å². The Hall–Kier alpha value is -2.73. The molecule has 0 spiro atoms. The summed E-state index contributed by atoms with van der Waals surface area (Å²) in [5.74, 6) is 2.45. The lowest BCUT2D eigenvalue weighted by Crippen LogP contribution is -2.35. The van der Waals surface area contributed by atoms with Gasteiger partial charge in [0.15, 0.2) is 0 Å². The van der Waals surface area contributed by atoms with Crippen molar-refractivity contribution < 1.29 is 19.4 Å². The van der Waals surface area contributed by atoms with Gasteiger partial charge in [0.2, 0.25) is 5.91 Å². The van der Waals surface area contributed by atoms with E-state index in [4.69, 9.17) is 9.47 Å². The maximum Gasteiger partial charge on any atom is 0.220 e. The van der Waals surface area contributed by atoms with Crippen LogP contribution in [-0.4, -0.2) is 43.2 Å². The van der Waals surface area contributed by atoms with Crippen molar-refractivity contribution in [2.45, 2.75) is 52.6 Å². The van der Waals surface area contributed by atoms with Crippen LogP contribution >= 0.6 is 0 Å². The van der Waals surface area contributed by atoms with Gasteiger partial charge in [0, 0.05) is 37.7 Å². The summed E-state index contributed by atoms with van der Waals surface area (Å²) in [4.78, 5) is 14.9. The number of hydrogen-bond donors (Lipinski definition) is 2. The molecule has 0 unspecified atom stereocenters.